The molecule has 3 unspecified atom stereocenters. The highest BCUT2D eigenvalue weighted by molar-refractivity contribution is 5.73. The molecule has 1 aromatic rings. The number of carboxylic acids is 1. The Kier molecular flexibility index (Phi) is 4.37. The molecule has 0 aliphatic heterocycles. The van der Waals surface area contributed by atoms with Crippen molar-refractivity contribution in [3.8, 4) is 0 Å². The summed E-state index contributed by atoms with van der Waals surface area (Å²) in [4.78, 5) is 11.1. The first-order chi connectivity index (χ1) is 8.72. The van der Waals surface area contributed by atoms with Crippen LogP contribution in [0.5, 0.6) is 0 Å². The Labute approximate surface area is 108 Å². The molecule has 0 amide bonds. The van der Waals surface area contributed by atoms with Gasteiger partial charge in [-0.2, -0.15) is 0 Å². The van der Waals surface area contributed by atoms with Gasteiger partial charge < -0.3 is 10.4 Å². The fourth-order valence-corrected chi connectivity index (χ4v) is 2.39. The molecule has 2 rings (SSSR count). The molecule has 1 aliphatic carbocycles. The van der Waals surface area contributed by atoms with E-state index in [4.69, 9.17) is 0 Å². The van der Waals surface area contributed by atoms with Crippen LogP contribution in [0.25, 0.3) is 0 Å². The van der Waals surface area contributed by atoms with Gasteiger partial charge in [-0.25, -0.2) is 0 Å². The minimum absolute atomic E-state index is 0.338. The summed E-state index contributed by atoms with van der Waals surface area (Å²) in [6.45, 7) is 2.09. The second-order valence-corrected chi connectivity index (χ2v) is 5.06. The summed E-state index contributed by atoms with van der Waals surface area (Å²) in [7, 11) is 0. The smallest absolute Gasteiger partial charge is 0.320 e. The van der Waals surface area contributed by atoms with E-state index < -0.39 is 5.97 Å². The van der Waals surface area contributed by atoms with Gasteiger partial charge in [-0.05, 0) is 18.4 Å². The number of unbranched alkanes of at least 4 members (excludes halogenated alkanes) is 1. The third-order valence-electron chi connectivity index (χ3n) is 3.58. The lowest BCUT2D eigenvalue weighted by molar-refractivity contribution is -0.139. The first-order valence-corrected chi connectivity index (χ1v) is 6.76. The van der Waals surface area contributed by atoms with Gasteiger partial charge in [0.1, 0.15) is 6.04 Å². The number of hydrogen-bond donors (Lipinski definition) is 2. The van der Waals surface area contributed by atoms with Crippen LogP contribution in [0.2, 0.25) is 0 Å². The maximum atomic E-state index is 11.1. The van der Waals surface area contributed by atoms with E-state index in [0.717, 1.165) is 25.7 Å². The molecule has 3 nitrogen and oxygen atoms in total. The van der Waals surface area contributed by atoms with Crippen LogP contribution < -0.4 is 5.32 Å². The molecule has 2 N–H and O–H groups in total. The largest absolute Gasteiger partial charge is 0.480 e. The molecular formula is C15H21NO2. The van der Waals surface area contributed by atoms with Crippen LogP contribution in [0.15, 0.2) is 30.3 Å². The third kappa shape index (κ3) is 3.33. The Balaban J connectivity index is 1.85. The Morgan fingerprint density at radius 3 is 2.78 bits per heavy atom. The molecule has 0 radical (unpaired) electrons. The van der Waals surface area contributed by atoms with Crippen molar-refractivity contribution < 1.29 is 9.90 Å². The minimum Gasteiger partial charge on any atom is -0.480 e. The first kappa shape index (κ1) is 13.1. The van der Waals surface area contributed by atoms with Crippen molar-refractivity contribution >= 4 is 5.97 Å². The van der Waals surface area contributed by atoms with Gasteiger partial charge in [0.2, 0.25) is 0 Å². The molecular weight excluding hydrogens is 226 g/mol. The molecule has 3 atom stereocenters. The summed E-state index contributed by atoms with van der Waals surface area (Å²) < 4.78 is 0. The fourth-order valence-electron chi connectivity index (χ4n) is 2.39. The molecule has 0 spiro atoms. The van der Waals surface area contributed by atoms with Gasteiger partial charge in [0.15, 0.2) is 0 Å². The van der Waals surface area contributed by atoms with Crippen LogP contribution in [0.1, 0.15) is 44.1 Å². The fraction of sp³-hybridized carbons (Fsp3) is 0.533. The molecule has 3 heteroatoms. The maximum absolute atomic E-state index is 11.1. The number of carboxylic acid groups (broad SMARTS) is 1. The van der Waals surface area contributed by atoms with Gasteiger partial charge in [-0.15, -0.1) is 0 Å². The average molecular weight is 247 g/mol. The highest BCUT2D eigenvalue weighted by Crippen LogP contribution is 2.41. The van der Waals surface area contributed by atoms with Crippen LogP contribution in [0, 0.1) is 0 Å². The molecule has 1 fully saturated rings. The quantitative estimate of drug-likeness (QED) is 0.779. The lowest BCUT2D eigenvalue weighted by Crippen LogP contribution is -2.38. The van der Waals surface area contributed by atoms with Gasteiger partial charge in [0.25, 0.3) is 0 Å². The summed E-state index contributed by atoms with van der Waals surface area (Å²) in [6, 6.07) is 10.3. The number of carbonyl (C=O) groups is 1. The van der Waals surface area contributed by atoms with Crippen LogP contribution in [0.4, 0.5) is 0 Å². The summed E-state index contributed by atoms with van der Waals surface area (Å²) >= 11 is 0. The molecule has 0 aromatic heterocycles. The summed E-state index contributed by atoms with van der Waals surface area (Å²) in [5.41, 5.74) is 1.31. The van der Waals surface area contributed by atoms with E-state index in [0.29, 0.717) is 12.0 Å². The predicted octanol–water partition coefficient (Wildman–Crippen LogP) is 2.78. The van der Waals surface area contributed by atoms with Crippen LogP contribution in [-0.2, 0) is 4.79 Å². The van der Waals surface area contributed by atoms with Crippen LogP contribution >= 0.6 is 0 Å². The molecule has 1 aliphatic rings. The van der Waals surface area contributed by atoms with Gasteiger partial charge >= 0.3 is 5.97 Å². The highest BCUT2D eigenvalue weighted by atomic mass is 16.4. The predicted molar refractivity (Wildman–Crippen MR) is 71.7 cm³/mol. The highest BCUT2D eigenvalue weighted by Gasteiger charge is 2.40. The Bertz CT molecular complexity index is 391. The van der Waals surface area contributed by atoms with Crippen molar-refractivity contribution in [3.63, 3.8) is 0 Å². The second kappa shape index (κ2) is 6.01. The normalized spacial score (nSPS) is 23.6. The molecule has 18 heavy (non-hydrogen) atoms. The van der Waals surface area contributed by atoms with Crippen molar-refractivity contribution in [2.45, 2.75) is 50.6 Å². The number of aliphatic carboxylic acids is 1. The van der Waals surface area contributed by atoms with E-state index in [1.807, 2.05) is 18.2 Å². The molecule has 1 saturated carbocycles. The first-order valence-electron chi connectivity index (χ1n) is 6.76. The summed E-state index contributed by atoms with van der Waals surface area (Å²) in [5, 5.41) is 12.4. The van der Waals surface area contributed by atoms with E-state index >= 15 is 0 Å². The molecule has 0 bridgehead atoms. The summed E-state index contributed by atoms with van der Waals surface area (Å²) in [6.07, 6.45) is 3.79. The zero-order valence-corrected chi connectivity index (χ0v) is 10.8. The molecule has 1 aromatic carbocycles. The number of nitrogens with one attached hydrogen (secondary N) is 1. The molecule has 0 saturated heterocycles. The van der Waals surface area contributed by atoms with Crippen LogP contribution in [-0.4, -0.2) is 23.2 Å². The Morgan fingerprint density at radius 1 is 1.44 bits per heavy atom. The number of hydrogen-bond acceptors (Lipinski definition) is 2. The van der Waals surface area contributed by atoms with Crippen molar-refractivity contribution in [2.75, 3.05) is 0 Å². The van der Waals surface area contributed by atoms with Crippen LogP contribution in [0.3, 0.4) is 0 Å². The molecule has 98 valence electrons. The Morgan fingerprint density at radius 2 is 2.17 bits per heavy atom. The Hall–Kier alpha value is -1.35. The zero-order valence-electron chi connectivity index (χ0n) is 10.8. The van der Waals surface area contributed by atoms with Crippen molar-refractivity contribution in [1.82, 2.24) is 5.32 Å². The second-order valence-electron chi connectivity index (χ2n) is 5.06. The lowest BCUT2D eigenvalue weighted by Gasteiger charge is -2.13. The van der Waals surface area contributed by atoms with E-state index in [9.17, 15) is 9.90 Å². The van der Waals surface area contributed by atoms with E-state index in [1.165, 1.54) is 5.56 Å². The topological polar surface area (TPSA) is 49.3 Å². The molecule has 0 heterocycles. The SMILES string of the molecule is CCCCC(NC1CC1c1ccccc1)C(=O)O. The van der Waals surface area contributed by atoms with Crippen molar-refractivity contribution in [1.29, 1.82) is 0 Å². The number of benzene rings is 1. The van der Waals surface area contributed by atoms with Gasteiger partial charge in [0, 0.05) is 12.0 Å². The van der Waals surface area contributed by atoms with E-state index in [-0.39, 0.29) is 6.04 Å². The van der Waals surface area contributed by atoms with Crippen molar-refractivity contribution in [3.05, 3.63) is 35.9 Å². The standard InChI is InChI=1S/C15H21NO2/c1-2-3-9-13(15(17)18)16-14-10-12(14)11-7-5-4-6-8-11/h4-8,12-14,16H,2-3,9-10H2,1H3,(H,17,18). The van der Waals surface area contributed by atoms with Crippen molar-refractivity contribution in [2.24, 2.45) is 0 Å². The monoisotopic (exact) mass is 247 g/mol. The van der Waals surface area contributed by atoms with E-state index in [1.54, 1.807) is 0 Å². The third-order valence-corrected chi connectivity index (χ3v) is 3.58. The minimum atomic E-state index is -0.720. The average Bonchev–Trinajstić information content (AvgIpc) is 3.14. The van der Waals surface area contributed by atoms with Gasteiger partial charge in [-0.1, -0.05) is 50.1 Å². The number of rotatable bonds is 7. The summed E-state index contributed by atoms with van der Waals surface area (Å²) in [5.74, 6) is -0.225. The lowest BCUT2D eigenvalue weighted by atomic mass is 10.1. The van der Waals surface area contributed by atoms with E-state index in [2.05, 4.69) is 24.4 Å². The zero-order chi connectivity index (χ0) is 13.0. The van der Waals surface area contributed by atoms with Gasteiger partial charge in [-0.3, -0.25) is 4.79 Å². The maximum Gasteiger partial charge on any atom is 0.320 e. The van der Waals surface area contributed by atoms with Gasteiger partial charge in [0.05, 0.1) is 0 Å².